The van der Waals surface area contributed by atoms with Gasteiger partial charge in [-0.1, -0.05) is 24.3 Å². The molecule has 0 aliphatic rings. The van der Waals surface area contributed by atoms with Gasteiger partial charge in [-0.3, -0.25) is 4.79 Å². The van der Waals surface area contributed by atoms with Crippen LogP contribution in [0, 0.1) is 11.3 Å². The molecule has 0 unspecified atom stereocenters. The van der Waals surface area contributed by atoms with Crippen LogP contribution in [-0.4, -0.2) is 39.8 Å². The Hall–Kier alpha value is -3.51. The SMILES string of the molecule is N#CCCNC(=O)COC(=O)c1nc(-c2cccs2)n(-c2ccccc2)n1. The molecule has 0 radical (unpaired) electrons. The van der Waals surface area contributed by atoms with E-state index in [1.807, 2.05) is 53.9 Å². The van der Waals surface area contributed by atoms with Crippen molar-refractivity contribution in [3.05, 3.63) is 53.7 Å². The number of benzene rings is 1. The molecule has 0 aliphatic heterocycles. The molecule has 1 amide bonds. The van der Waals surface area contributed by atoms with E-state index in [9.17, 15) is 9.59 Å². The minimum absolute atomic E-state index is 0.132. The number of aromatic nitrogens is 3. The number of thiophene rings is 1. The van der Waals surface area contributed by atoms with E-state index in [1.165, 1.54) is 11.3 Å². The van der Waals surface area contributed by atoms with E-state index >= 15 is 0 Å². The lowest BCUT2D eigenvalue weighted by Gasteiger charge is -2.03. The fourth-order valence-corrected chi connectivity index (χ4v) is 2.92. The van der Waals surface area contributed by atoms with Crippen molar-refractivity contribution >= 4 is 23.2 Å². The molecule has 8 nitrogen and oxygen atoms in total. The average Bonchev–Trinajstić information content (AvgIpc) is 3.36. The molecule has 136 valence electrons. The highest BCUT2D eigenvalue weighted by atomic mass is 32.1. The quantitative estimate of drug-likeness (QED) is 0.496. The number of ether oxygens (including phenoxy) is 1. The van der Waals surface area contributed by atoms with E-state index in [-0.39, 0.29) is 18.8 Å². The summed E-state index contributed by atoms with van der Waals surface area (Å²) in [6, 6.07) is 15.0. The van der Waals surface area contributed by atoms with Gasteiger partial charge < -0.3 is 10.1 Å². The summed E-state index contributed by atoms with van der Waals surface area (Å²) in [7, 11) is 0. The lowest BCUT2D eigenvalue weighted by Crippen LogP contribution is -2.29. The van der Waals surface area contributed by atoms with E-state index in [0.717, 1.165) is 10.6 Å². The summed E-state index contributed by atoms with van der Waals surface area (Å²) in [5.74, 6) is -0.897. The van der Waals surface area contributed by atoms with Gasteiger partial charge in [0.2, 0.25) is 0 Å². The topological polar surface area (TPSA) is 110 Å². The number of carbonyl (C=O) groups excluding carboxylic acids is 2. The van der Waals surface area contributed by atoms with Crippen molar-refractivity contribution in [1.29, 1.82) is 5.26 Å². The standard InChI is InChI=1S/C18H15N5O3S/c19-9-5-10-20-15(24)12-26-18(25)16-21-17(14-8-4-11-27-14)23(22-16)13-6-2-1-3-7-13/h1-4,6-8,11H,5,10,12H2,(H,20,24). The molecular weight excluding hydrogens is 366 g/mol. The van der Waals surface area contributed by atoms with Gasteiger partial charge in [0.15, 0.2) is 12.4 Å². The number of hydrogen-bond donors (Lipinski definition) is 1. The fraction of sp³-hybridized carbons (Fsp3) is 0.167. The first-order chi connectivity index (χ1) is 13.2. The molecule has 3 aromatic rings. The van der Waals surface area contributed by atoms with Crippen LogP contribution >= 0.6 is 11.3 Å². The third kappa shape index (κ3) is 4.56. The highest BCUT2D eigenvalue weighted by Gasteiger charge is 2.21. The number of rotatable bonds is 7. The summed E-state index contributed by atoms with van der Waals surface area (Å²) in [6.07, 6.45) is 0.187. The van der Waals surface area contributed by atoms with Crippen molar-refractivity contribution in [2.24, 2.45) is 0 Å². The molecule has 0 spiro atoms. The molecule has 1 N–H and O–H groups in total. The van der Waals surface area contributed by atoms with Gasteiger partial charge in [0.1, 0.15) is 0 Å². The highest BCUT2D eigenvalue weighted by Crippen LogP contribution is 2.25. The largest absolute Gasteiger partial charge is 0.450 e. The average molecular weight is 381 g/mol. The number of hydrogen-bond acceptors (Lipinski definition) is 7. The monoisotopic (exact) mass is 381 g/mol. The van der Waals surface area contributed by atoms with Crippen LogP contribution < -0.4 is 5.32 Å². The number of amides is 1. The predicted octanol–water partition coefficient (Wildman–Crippen LogP) is 2.18. The lowest BCUT2D eigenvalue weighted by molar-refractivity contribution is -0.124. The maximum atomic E-state index is 12.3. The molecule has 3 rings (SSSR count). The summed E-state index contributed by atoms with van der Waals surface area (Å²) in [4.78, 5) is 29.0. The van der Waals surface area contributed by atoms with Crippen molar-refractivity contribution in [3.8, 4) is 22.5 Å². The molecule has 2 aromatic heterocycles. The van der Waals surface area contributed by atoms with Crippen molar-refractivity contribution in [1.82, 2.24) is 20.1 Å². The van der Waals surface area contributed by atoms with Gasteiger partial charge in [-0.25, -0.2) is 9.48 Å². The first-order valence-electron chi connectivity index (χ1n) is 8.06. The van der Waals surface area contributed by atoms with Gasteiger partial charge in [-0.2, -0.15) is 10.2 Å². The third-order valence-corrected chi connectivity index (χ3v) is 4.29. The number of nitrogens with zero attached hydrogens (tertiary/aromatic N) is 4. The predicted molar refractivity (Wildman–Crippen MR) is 98.2 cm³/mol. The molecule has 27 heavy (non-hydrogen) atoms. The zero-order chi connectivity index (χ0) is 19.1. The number of nitrogens with one attached hydrogen (secondary N) is 1. The highest BCUT2D eigenvalue weighted by molar-refractivity contribution is 7.13. The third-order valence-electron chi connectivity index (χ3n) is 3.43. The Bertz CT molecular complexity index is 961. The van der Waals surface area contributed by atoms with Crippen LogP contribution in [0.3, 0.4) is 0 Å². The van der Waals surface area contributed by atoms with E-state index in [2.05, 4.69) is 15.4 Å². The number of carbonyl (C=O) groups is 2. The van der Waals surface area contributed by atoms with Gasteiger partial charge in [0.05, 0.1) is 23.1 Å². The van der Waals surface area contributed by atoms with Crippen molar-refractivity contribution in [2.75, 3.05) is 13.2 Å². The van der Waals surface area contributed by atoms with Crippen molar-refractivity contribution in [3.63, 3.8) is 0 Å². The maximum absolute atomic E-state index is 12.3. The molecule has 9 heteroatoms. The van der Waals surface area contributed by atoms with E-state index < -0.39 is 18.5 Å². The Kier molecular flexibility index (Phi) is 5.91. The van der Waals surface area contributed by atoms with Crippen LogP contribution in [0.1, 0.15) is 17.0 Å². The molecule has 0 aliphatic carbocycles. The van der Waals surface area contributed by atoms with Crippen LogP contribution in [0.15, 0.2) is 47.8 Å². The normalized spacial score (nSPS) is 10.2. The molecule has 0 saturated heterocycles. The van der Waals surface area contributed by atoms with Gasteiger partial charge >= 0.3 is 5.97 Å². The summed E-state index contributed by atoms with van der Waals surface area (Å²) in [6.45, 7) is -0.255. The van der Waals surface area contributed by atoms with Crippen LogP contribution in [-0.2, 0) is 9.53 Å². The summed E-state index contributed by atoms with van der Waals surface area (Å²) in [5.41, 5.74) is 0.752. The first kappa shape index (κ1) is 18.3. The van der Waals surface area contributed by atoms with Gasteiger partial charge in [0, 0.05) is 6.54 Å². The van der Waals surface area contributed by atoms with Gasteiger partial charge in [-0.05, 0) is 23.6 Å². The number of esters is 1. The Morgan fingerprint density at radius 1 is 1.22 bits per heavy atom. The maximum Gasteiger partial charge on any atom is 0.378 e. The fourth-order valence-electron chi connectivity index (χ4n) is 2.22. The molecular formula is C18H15N5O3S. The second kappa shape index (κ2) is 8.73. The molecule has 1 aromatic carbocycles. The summed E-state index contributed by atoms with van der Waals surface area (Å²) < 4.78 is 6.54. The molecule has 0 bridgehead atoms. The van der Waals surface area contributed by atoms with E-state index in [1.54, 1.807) is 4.68 Å². The Morgan fingerprint density at radius 3 is 2.74 bits per heavy atom. The smallest absolute Gasteiger partial charge is 0.378 e. The Labute approximate surface area is 159 Å². The van der Waals surface area contributed by atoms with Gasteiger partial charge in [0.25, 0.3) is 11.7 Å². The van der Waals surface area contributed by atoms with E-state index in [4.69, 9.17) is 10.00 Å². The Morgan fingerprint density at radius 2 is 2.04 bits per heavy atom. The van der Waals surface area contributed by atoms with Crippen molar-refractivity contribution < 1.29 is 14.3 Å². The molecule has 2 heterocycles. The molecule has 0 saturated carbocycles. The van der Waals surface area contributed by atoms with Crippen LogP contribution in [0.4, 0.5) is 0 Å². The number of nitriles is 1. The zero-order valence-electron chi connectivity index (χ0n) is 14.2. The summed E-state index contributed by atoms with van der Waals surface area (Å²) in [5, 5.41) is 17.1. The second-order valence-corrected chi connectivity index (χ2v) is 6.27. The Balaban J connectivity index is 1.77. The minimum Gasteiger partial charge on any atom is -0.450 e. The first-order valence-corrected chi connectivity index (χ1v) is 8.94. The zero-order valence-corrected chi connectivity index (χ0v) is 15.0. The van der Waals surface area contributed by atoms with Crippen LogP contribution in [0.2, 0.25) is 0 Å². The molecule has 0 fully saturated rings. The molecule has 0 atom stereocenters. The number of para-hydroxylation sites is 1. The summed E-state index contributed by atoms with van der Waals surface area (Å²) >= 11 is 1.47. The minimum atomic E-state index is -0.794. The van der Waals surface area contributed by atoms with Crippen LogP contribution in [0.25, 0.3) is 16.4 Å². The lowest BCUT2D eigenvalue weighted by atomic mass is 10.3. The second-order valence-electron chi connectivity index (χ2n) is 5.32. The van der Waals surface area contributed by atoms with Crippen LogP contribution in [0.5, 0.6) is 0 Å². The van der Waals surface area contributed by atoms with Crippen molar-refractivity contribution in [2.45, 2.75) is 6.42 Å². The van der Waals surface area contributed by atoms with E-state index in [0.29, 0.717) is 5.82 Å². The van der Waals surface area contributed by atoms with Gasteiger partial charge in [-0.15, -0.1) is 16.4 Å².